The summed E-state index contributed by atoms with van der Waals surface area (Å²) in [5, 5.41) is 3.38. The van der Waals surface area contributed by atoms with Crippen molar-refractivity contribution >= 4 is 38.6 Å². The van der Waals surface area contributed by atoms with Crippen molar-refractivity contribution < 1.29 is 8.42 Å². The lowest BCUT2D eigenvalue weighted by atomic mass is 10.1. The van der Waals surface area contributed by atoms with Crippen LogP contribution in [0.3, 0.4) is 0 Å². The maximum Gasteiger partial charge on any atom is 0.272 e. The third kappa shape index (κ3) is 4.05. The fourth-order valence-corrected chi connectivity index (χ4v) is 4.91. The minimum Gasteiger partial charge on any atom is -0.354 e. The third-order valence-electron chi connectivity index (χ3n) is 3.99. The number of para-hydroxylation sites is 1. The summed E-state index contributed by atoms with van der Waals surface area (Å²) in [5.74, 6) is 0.294. The van der Waals surface area contributed by atoms with Gasteiger partial charge in [0.1, 0.15) is 10.0 Å². The molecule has 0 unspecified atom stereocenters. The highest BCUT2D eigenvalue weighted by molar-refractivity contribution is 7.94. The number of thiophene rings is 1. The molecule has 0 amide bonds. The van der Waals surface area contributed by atoms with Crippen molar-refractivity contribution in [2.75, 3.05) is 10.0 Å². The third-order valence-corrected chi connectivity index (χ3v) is 6.84. The van der Waals surface area contributed by atoms with Gasteiger partial charge in [-0.1, -0.05) is 25.1 Å². The molecule has 0 saturated heterocycles. The van der Waals surface area contributed by atoms with Gasteiger partial charge in [0.2, 0.25) is 0 Å². The zero-order valence-electron chi connectivity index (χ0n) is 14.9. The van der Waals surface area contributed by atoms with E-state index in [1.54, 1.807) is 24.4 Å². The molecule has 5 nitrogen and oxygen atoms in total. The Morgan fingerprint density at radius 3 is 2.50 bits per heavy atom. The Balaban J connectivity index is 1.77. The second kappa shape index (κ2) is 7.47. The molecule has 136 valence electrons. The zero-order chi connectivity index (χ0) is 18.7. The van der Waals surface area contributed by atoms with Gasteiger partial charge in [0.15, 0.2) is 0 Å². The van der Waals surface area contributed by atoms with Crippen LogP contribution in [0.15, 0.2) is 52.9 Å². The number of hydrogen-bond acceptors (Lipinski definition) is 5. The summed E-state index contributed by atoms with van der Waals surface area (Å²) in [6.45, 7) is 6.04. The summed E-state index contributed by atoms with van der Waals surface area (Å²) < 4.78 is 27.5. The van der Waals surface area contributed by atoms with Crippen molar-refractivity contribution in [1.29, 1.82) is 0 Å². The summed E-state index contributed by atoms with van der Waals surface area (Å²) in [7, 11) is -3.60. The molecular weight excluding hydrogens is 366 g/mol. The monoisotopic (exact) mass is 387 g/mol. The van der Waals surface area contributed by atoms with Crippen molar-refractivity contribution in [3.8, 4) is 0 Å². The Morgan fingerprint density at radius 1 is 1.08 bits per heavy atom. The van der Waals surface area contributed by atoms with Crippen LogP contribution >= 0.6 is 11.3 Å². The molecule has 7 heteroatoms. The molecule has 0 aliphatic heterocycles. The van der Waals surface area contributed by atoms with E-state index < -0.39 is 10.0 Å². The van der Waals surface area contributed by atoms with Crippen LogP contribution in [0.5, 0.6) is 0 Å². The van der Waals surface area contributed by atoms with Crippen LogP contribution in [0.4, 0.5) is 17.2 Å². The molecule has 0 radical (unpaired) electrons. The number of pyridine rings is 1. The predicted molar refractivity (Wildman–Crippen MR) is 108 cm³/mol. The van der Waals surface area contributed by atoms with E-state index in [0.717, 1.165) is 28.2 Å². The number of anilines is 3. The van der Waals surface area contributed by atoms with E-state index in [1.807, 2.05) is 19.1 Å². The Bertz CT molecular complexity index is 1010. The first-order valence-electron chi connectivity index (χ1n) is 8.30. The summed E-state index contributed by atoms with van der Waals surface area (Å²) >= 11 is 1.23. The van der Waals surface area contributed by atoms with Crippen LogP contribution in [0, 0.1) is 13.8 Å². The lowest BCUT2D eigenvalue weighted by molar-refractivity contribution is 0.603. The SMILES string of the molecule is CCc1cccc(C)c1Nc1ccc(NS(=O)(=O)c2ccc(C)s2)nc1. The average Bonchev–Trinajstić information content (AvgIpc) is 3.05. The van der Waals surface area contributed by atoms with Gasteiger partial charge in [-0.15, -0.1) is 11.3 Å². The first-order chi connectivity index (χ1) is 12.4. The van der Waals surface area contributed by atoms with E-state index in [4.69, 9.17) is 0 Å². The van der Waals surface area contributed by atoms with Crippen LogP contribution in [-0.4, -0.2) is 13.4 Å². The molecule has 0 bridgehead atoms. The lowest BCUT2D eigenvalue weighted by Gasteiger charge is -2.14. The second-order valence-electron chi connectivity index (χ2n) is 5.99. The number of sulfonamides is 1. The summed E-state index contributed by atoms with van der Waals surface area (Å²) in [5.41, 5.74) is 4.26. The maximum atomic E-state index is 12.4. The molecule has 2 heterocycles. The Kier molecular flexibility index (Phi) is 5.29. The van der Waals surface area contributed by atoms with Crippen LogP contribution < -0.4 is 10.0 Å². The summed E-state index contributed by atoms with van der Waals surface area (Å²) in [6, 6.07) is 13.0. The van der Waals surface area contributed by atoms with Gasteiger partial charge in [-0.2, -0.15) is 0 Å². The minimum atomic E-state index is -3.60. The number of rotatable bonds is 6. The number of benzene rings is 1. The second-order valence-corrected chi connectivity index (χ2v) is 9.19. The number of aromatic nitrogens is 1. The Labute approximate surface area is 158 Å². The van der Waals surface area contributed by atoms with Crippen LogP contribution in [0.1, 0.15) is 22.9 Å². The van der Waals surface area contributed by atoms with Crippen molar-refractivity contribution in [3.05, 3.63) is 64.7 Å². The quantitative estimate of drug-likeness (QED) is 0.633. The first-order valence-corrected chi connectivity index (χ1v) is 10.6. The highest BCUT2D eigenvalue weighted by Crippen LogP contribution is 2.26. The van der Waals surface area contributed by atoms with E-state index in [2.05, 4.69) is 41.0 Å². The molecule has 26 heavy (non-hydrogen) atoms. The number of nitrogens with one attached hydrogen (secondary N) is 2. The summed E-state index contributed by atoms with van der Waals surface area (Å²) in [6.07, 6.45) is 2.55. The van der Waals surface area contributed by atoms with Crippen molar-refractivity contribution in [1.82, 2.24) is 4.98 Å². The molecule has 1 aromatic carbocycles. The zero-order valence-corrected chi connectivity index (χ0v) is 16.5. The molecular formula is C19H21N3O2S2. The van der Waals surface area contributed by atoms with Crippen LogP contribution in [-0.2, 0) is 16.4 Å². The van der Waals surface area contributed by atoms with Crippen molar-refractivity contribution in [2.24, 2.45) is 0 Å². The standard InChI is InChI=1S/C19H21N3O2S2/c1-4-15-7-5-6-13(2)19(15)21-16-9-10-17(20-12-16)22-26(23,24)18-11-8-14(3)25-18/h5-12,21H,4H2,1-3H3,(H,20,22). The van der Waals surface area contributed by atoms with Gasteiger partial charge in [0.25, 0.3) is 10.0 Å². The Hall–Kier alpha value is -2.38. The molecule has 0 atom stereocenters. The summed E-state index contributed by atoms with van der Waals surface area (Å²) in [4.78, 5) is 5.18. The molecule has 2 aromatic heterocycles. The van der Waals surface area contributed by atoms with E-state index in [1.165, 1.54) is 16.9 Å². The average molecular weight is 388 g/mol. The molecule has 2 N–H and O–H groups in total. The molecule has 3 rings (SSSR count). The van der Waals surface area contributed by atoms with Gasteiger partial charge >= 0.3 is 0 Å². The Morgan fingerprint density at radius 2 is 1.88 bits per heavy atom. The fourth-order valence-electron chi connectivity index (χ4n) is 2.62. The highest BCUT2D eigenvalue weighted by atomic mass is 32.2. The van der Waals surface area contributed by atoms with E-state index in [-0.39, 0.29) is 4.21 Å². The van der Waals surface area contributed by atoms with Gasteiger partial charge in [-0.3, -0.25) is 4.72 Å². The van der Waals surface area contributed by atoms with Gasteiger partial charge in [0, 0.05) is 10.6 Å². The fraction of sp³-hybridized carbons (Fsp3) is 0.211. The highest BCUT2D eigenvalue weighted by Gasteiger charge is 2.16. The van der Waals surface area contributed by atoms with Gasteiger partial charge in [-0.05, 0) is 55.7 Å². The number of hydrogen-bond donors (Lipinski definition) is 2. The van der Waals surface area contributed by atoms with Crippen molar-refractivity contribution in [3.63, 3.8) is 0 Å². The lowest BCUT2D eigenvalue weighted by Crippen LogP contribution is -2.12. The number of nitrogens with zero attached hydrogens (tertiary/aromatic N) is 1. The molecule has 0 aliphatic rings. The van der Waals surface area contributed by atoms with Gasteiger partial charge in [0.05, 0.1) is 11.9 Å². The largest absolute Gasteiger partial charge is 0.354 e. The van der Waals surface area contributed by atoms with Gasteiger partial charge < -0.3 is 5.32 Å². The van der Waals surface area contributed by atoms with Crippen LogP contribution in [0.2, 0.25) is 0 Å². The first kappa shape index (κ1) is 18.4. The van der Waals surface area contributed by atoms with E-state index >= 15 is 0 Å². The normalized spacial score (nSPS) is 11.3. The van der Waals surface area contributed by atoms with Gasteiger partial charge in [-0.25, -0.2) is 13.4 Å². The molecule has 0 aliphatic carbocycles. The minimum absolute atomic E-state index is 0.284. The van der Waals surface area contributed by atoms with E-state index in [0.29, 0.717) is 5.82 Å². The molecule has 3 aromatic rings. The predicted octanol–water partition coefficient (Wildman–Crippen LogP) is 4.87. The smallest absolute Gasteiger partial charge is 0.272 e. The number of aryl methyl sites for hydroxylation is 3. The molecule has 0 saturated carbocycles. The molecule has 0 spiro atoms. The molecule has 0 fully saturated rings. The maximum absolute atomic E-state index is 12.4. The van der Waals surface area contributed by atoms with Crippen molar-refractivity contribution in [2.45, 2.75) is 31.4 Å². The van der Waals surface area contributed by atoms with Crippen LogP contribution in [0.25, 0.3) is 0 Å². The van der Waals surface area contributed by atoms with E-state index in [9.17, 15) is 8.42 Å². The topological polar surface area (TPSA) is 71.1 Å².